The Bertz CT molecular complexity index is 1060. The first-order chi connectivity index (χ1) is 14.5. The van der Waals surface area contributed by atoms with Crippen molar-refractivity contribution in [2.24, 2.45) is 0 Å². The molecule has 0 amide bonds. The summed E-state index contributed by atoms with van der Waals surface area (Å²) in [7, 11) is 0. The number of hydrogen-bond acceptors (Lipinski definition) is 2. The second-order valence-electron chi connectivity index (χ2n) is 7.10. The van der Waals surface area contributed by atoms with Crippen LogP contribution in [0.5, 0.6) is 0 Å². The minimum absolute atomic E-state index is 0.344. The lowest BCUT2D eigenvalue weighted by Crippen LogP contribution is -2.04. The van der Waals surface area contributed by atoms with Crippen molar-refractivity contribution in [1.82, 2.24) is 0 Å². The highest BCUT2D eigenvalue weighted by molar-refractivity contribution is 5.89. The number of aromatic carboxylic acids is 1. The summed E-state index contributed by atoms with van der Waals surface area (Å²) < 4.78 is 13.5. The summed E-state index contributed by atoms with van der Waals surface area (Å²) in [5.41, 5.74) is 4.48. The highest BCUT2D eigenvalue weighted by Crippen LogP contribution is 2.16. The molecule has 0 radical (unpaired) electrons. The second-order valence-corrected chi connectivity index (χ2v) is 7.10. The number of unbranched alkanes of at least 4 members (excludes halogenated alkanes) is 1. The number of nitrogens with one attached hydrogen (secondary N) is 1. The first-order valence-corrected chi connectivity index (χ1v) is 10.0. The number of carboxylic acids is 1. The molecule has 0 fully saturated rings. The van der Waals surface area contributed by atoms with Crippen LogP contribution < -0.4 is 5.32 Å². The van der Waals surface area contributed by atoms with Gasteiger partial charge in [-0.05, 0) is 66.4 Å². The summed E-state index contributed by atoms with van der Waals surface area (Å²) in [4.78, 5) is 11.0. The predicted molar refractivity (Wildman–Crippen MR) is 118 cm³/mol. The van der Waals surface area contributed by atoms with Gasteiger partial charge in [-0.1, -0.05) is 49.5 Å². The number of carbonyl (C=O) groups is 1. The van der Waals surface area contributed by atoms with E-state index >= 15 is 0 Å². The lowest BCUT2D eigenvalue weighted by molar-refractivity contribution is 0.0692. The predicted octanol–water partition coefficient (Wildman–Crippen LogP) is 5.88. The lowest BCUT2D eigenvalue weighted by atomic mass is 10.1. The molecule has 0 heterocycles. The van der Waals surface area contributed by atoms with Crippen LogP contribution in [-0.2, 0) is 13.0 Å². The molecule has 3 aromatic rings. The number of rotatable bonds is 7. The zero-order valence-corrected chi connectivity index (χ0v) is 16.9. The number of anilines is 1. The van der Waals surface area contributed by atoms with Crippen molar-refractivity contribution >= 4 is 11.7 Å². The number of carboxylic acid groups (broad SMARTS) is 1. The molecule has 0 bridgehead atoms. The number of hydrogen-bond donors (Lipinski definition) is 2. The van der Waals surface area contributed by atoms with Crippen LogP contribution in [0.15, 0.2) is 66.7 Å². The molecule has 0 atom stereocenters. The normalized spacial score (nSPS) is 10.2. The minimum atomic E-state index is -1.28. The summed E-state index contributed by atoms with van der Waals surface area (Å²) in [6.07, 6.45) is 3.50. The fourth-order valence-electron chi connectivity index (χ4n) is 2.99. The van der Waals surface area contributed by atoms with Gasteiger partial charge in [0.1, 0.15) is 5.82 Å². The maximum atomic E-state index is 13.5. The molecule has 0 aromatic heterocycles. The van der Waals surface area contributed by atoms with E-state index in [0.29, 0.717) is 12.2 Å². The van der Waals surface area contributed by atoms with Crippen molar-refractivity contribution < 1.29 is 14.3 Å². The maximum absolute atomic E-state index is 13.5. The molecule has 0 aliphatic heterocycles. The van der Waals surface area contributed by atoms with Crippen LogP contribution in [0.25, 0.3) is 0 Å². The van der Waals surface area contributed by atoms with Crippen LogP contribution in [-0.4, -0.2) is 11.1 Å². The molecule has 0 saturated carbocycles. The third-order valence-corrected chi connectivity index (χ3v) is 4.77. The maximum Gasteiger partial charge on any atom is 0.338 e. The average Bonchev–Trinajstić information content (AvgIpc) is 2.77. The number of benzene rings is 3. The van der Waals surface area contributed by atoms with E-state index < -0.39 is 11.8 Å². The van der Waals surface area contributed by atoms with E-state index in [9.17, 15) is 9.18 Å². The highest BCUT2D eigenvalue weighted by atomic mass is 19.1. The Labute approximate surface area is 176 Å². The van der Waals surface area contributed by atoms with Crippen molar-refractivity contribution in [1.29, 1.82) is 0 Å². The van der Waals surface area contributed by atoms with E-state index in [0.717, 1.165) is 29.2 Å². The quantitative estimate of drug-likeness (QED) is 0.486. The first kappa shape index (κ1) is 21.1. The van der Waals surface area contributed by atoms with Gasteiger partial charge in [-0.2, -0.15) is 0 Å². The molecule has 3 nitrogen and oxygen atoms in total. The van der Waals surface area contributed by atoms with E-state index in [4.69, 9.17) is 5.11 Å². The van der Waals surface area contributed by atoms with E-state index in [-0.39, 0.29) is 5.56 Å². The van der Waals surface area contributed by atoms with Crippen molar-refractivity contribution in [3.05, 3.63) is 100 Å². The molecule has 0 aliphatic rings. The van der Waals surface area contributed by atoms with Crippen LogP contribution in [0.3, 0.4) is 0 Å². The summed E-state index contributed by atoms with van der Waals surface area (Å²) in [6.45, 7) is 2.69. The molecule has 30 heavy (non-hydrogen) atoms. The van der Waals surface area contributed by atoms with Crippen LogP contribution in [0, 0.1) is 17.7 Å². The van der Waals surface area contributed by atoms with E-state index in [2.05, 4.69) is 48.3 Å². The Hall–Kier alpha value is -3.58. The van der Waals surface area contributed by atoms with Crippen LogP contribution in [0.1, 0.15) is 52.4 Å². The number of halogens is 1. The molecule has 3 rings (SSSR count). The first-order valence-electron chi connectivity index (χ1n) is 10.0. The zero-order valence-electron chi connectivity index (χ0n) is 16.9. The Morgan fingerprint density at radius 3 is 2.10 bits per heavy atom. The molecule has 3 aromatic carbocycles. The monoisotopic (exact) mass is 401 g/mol. The molecular formula is C26H24FNO2. The molecule has 4 heteroatoms. The standard InChI is InChI=1S/C26H24FNO2/c1-2-3-4-19-5-7-20(8-6-19)9-10-21-11-13-22(14-12-21)18-28-23-15-16-25(27)24(17-23)26(29)30/h5-8,11-17,28H,2-4,18H2,1H3,(H,29,30). The highest BCUT2D eigenvalue weighted by Gasteiger charge is 2.10. The molecule has 0 saturated heterocycles. The van der Waals surface area contributed by atoms with Gasteiger partial charge in [0.25, 0.3) is 0 Å². The summed E-state index contributed by atoms with van der Waals surface area (Å²) >= 11 is 0. The van der Waals surface area contributed by atoms with Gasteiger partial charge in [-0.25, -0.2) is 9.18 Å². The molecule has 0 spiro atoms. The summed E-state index contributed by atoms with van der Waals surface area (Å²) in [6, 6.07) is 20.2. The van der Waals surface area contributed by atoms with E-state index in [1.165, 1.54) is 30.5 Å². The van der Waals surface area contributed by atoms with Gasteiger partial charge in [0.2, 0.25) is 0 Å². The Kier molecular flexibility index (Phi) is 7.24. The van der Waals surface area contributed by atoms with Crippen molar-refractivity contribution in [2.45, 2.75) is 32.7 Å². The largest absolute Gasteiger partial charge is 0.478 e. The molecule has 152 valence electrons. The molecule has 2 N–H and O–H groups in total. The van der Waals surface area contributed by atoms with E-state index in [1.807, 2.05) is 24.3 Å². The Morgan fingerprint density at radius 1 is 0.933 bits per heavy atom. The average molecular weight is 401 g/mol. The van der Waals surface area contributed by atoms with Gasteiger partial charge in [-0.15, -0.1) is 0 Å². The fourth-order valence-corrected chi connectivity index (χ4v) is 2.99. The number of aryl methyl sites for hydroxylation is 1. The third-order valence-electron chi connectivity index (χ3n) is 4.77. The van der Waals surface area contributed by atoms with Gasteiger partial charge in [0, 0.05) is 23.4 Å². The van der Waals surface area contributed by atoms with Gasteiger partial charge in [-0.3, -0.25) is 0 Å². The van der Waals surface area contributed by atoms with E-state index in [1.54, 1.807) is 0 Å². The van der Waals surface area contributed by atoms with Crippen LogP contribution >= 0.6 is 0 Å². The Balaban J connectivity index is 1.59. The third kappa shape index (κ3) is 5.96. The molecular weight excluding hydrogens is 377 g/mol. The lowest BCUT2D eigenvalue weighted by Gasteiger charge is -2.08. The minimum Gasteiger partial charge on any atom is -0.478 e. The SMILES string of the molecule is CCCCc1ccc(C#Cc2ccc(CNc3ccc(F)c(C(=O)O)c3)cc2)cc1. The smallest absolute Gasteiger partial charge is 0.338 e. The topological polar surface area (TPSA) is 49.3 Å². The van der Waals surface area contributed by atoms with Crippen LogP contribution in [0.4, 0.5) is 10.1 Å². The van der Waals surface area contributed by atoms with Crippen molar-refractivity contribution in [2.75, 3.05) is 5.32 Å². The van der Waals surface area contributed by atoms with Gasteiger partial charge >= 0.3 is 5.97 Å². The molecule has 0 aliphatic carbocycles. The molecule has 0 unspecified atom stereocenters. The van der Waals surface area contributed by atoms with Gasteiger partial charge in [0.05, 0.1) is 5.56 Å². The van der Waals surface area contributed by atoms with Crippen LogP contribution in [0.2, 0.25) is 0 Å². The zero-order chi connectivity index (χ0) is 21.3. The Morgan fingerprint density at radius 2 is 1.53 bits per heavy atom. The van der Waals surface area contributed by atoms with Crippen molar-refractivity contribution in [3.8, 4) is 11.8 Å². The van der Waals surface area contributed by atoms with Gasteiger partial charge in [0.15, 0.2) is 0 Å². The fraction of sp³-hybridized carbons (Fsp3) is 0.192. The summed E-state index contributed by atoms with van der Waals surface area (Å²) in [5.74, 6) is 4.33. The van der Waals surface area contributed by atoms with Gasteiger partial charge < -0.3 is 10.4 Å². The summed E-state index contributed by atoms with van der Waals surface area (Å²) in [5, 5.41) is 12.1. The van der Waals surface area contributed by atoms with Crippen molar-refractivity contribution in [3.63, 3.8) is 0 Å². The second kappa shape index (κ2) is 10.3.